The third-order valence-electron chi connectivity index (χ3n) is 5.16. The van der Waals surface area contributed by atoms with E-state index in [2.05, 4.69) is 20.0 Å². The minimum atomic E-state index is -0.399. The topological polar surface area (TPSA) is 98.2 Å². The molecule has 1 fully saturated rings. The highest BCUT2D eigenvalue weighted by atomic mass is 32.1. The Morgan fingerprint density at radius 3 is 2.83 bits per heavy atom. The maximum absolute atomic E-state index is 13.1. The lowest BCUT2D eigenvalue weighted by atomic mass is 9.98. The number of benzene rings is 2. The molecule has 1 saturated heterocycles. The van der Waals surface area contributed by atoms with Crippen LogP contribution in [-0.4, -0.2) is 33.1 Å². The summed E-state index contributed by atoms with van der Waals surface area (Å²) >= 11 is 1.44. The van der Waals surface area contributed by atoms with Crippen LogP contribution in [0.2, 0.25) is 0 Å². The molecule has 0 saturated carbocycles. The zero-order valence-corrected chi connectivity index (χ0v) is 16.5. The summed E-state index contributed by atoms with van der Waals surface area (Å²) in [4.78, 5) is 21.9. The third-order valence-corrected chi connectivity index (χ3v) is 6.24. The largest absolute Gasteiger partial charge is 0.347 e. The molecule has 0 radical (unpaired) electrons. The summed E-state index contributed by atoms with van der Waals surface area (Å²) in [6.45, 7) is 1.52. The summed E-state index contributed by atoms with van der Waals surface area (Å²) in [5.74, 6) is 0.735. The number of thiazole rings is 1. The van der Waals surface area contributed by atoms with Crippen LogP contribution in [0.3, 0.4) is 0 Å². The molecule has 1 unspecified atom stereocenters. The van der Waals surface area contributed by atoms with Gasteiger partial charge in [-0.15, -0.1) is 0 Å². The van der Waals surface area contributed by atoms with E-state index in [4.69, 9.17) is 4.52 Å². The number of hydrogen-bond donors (Lipinski definition) is 0. The number of hydrogen-bond acceptors (Lipinski definition) is 8. The van der Waals surface area contributed by atoms with Crippen molar-refractivity contribution < 1.29 is 13.8 Å². The molecule has 0 spiro atoms. The molecule has 1 atom stereocenters. The molecule has 2 aromatic heterocycles. The maximum atomic E-state index is 13.1. The Bertz CT molecular complexity index is 1220. The summed E-state index contributed by atoms with van der Waals surface area (Å²) < 4.78 is 19.4. The van der Waals surface area contributed by atoms with Crippen LogP contribution in [0.4, 0.5) is 15.2 Å². The van der Waals surface area contributed by atoms with E-state index in [1.807, 2.05) is 0 Å². The molecule has 152 valence electrons. The second kappa shape index (κ2) is 7.45. The summed E-state index contributed by atoms with van der Waals surface area (Å²) in [5, 5.41) is 15.9. The third kappa shape index (κ3) is 3.50. The lowest BCUT2D eigenvalue weighted by Crippen LogP contribution is -2.34. The summed E-state index contributed by atoms with van der Waals surface area (Å²) in [5.41, 5.74) is 1.51. The Kier molecular flexibility index (Phi) is 4.62. The fourth-order valence-electron chi connectivity index (χ4n) is 3.62. The Balaban J connectivity index is 1.37. The van der Waals surface area contributed by atoms with Gasteiger partial charge in [0.25, 0.3) is 5.69 Å². The quantitative estimate of drug-likeness (QED) is 0.343. The average Bonchev–Trinajstić information content (AvgIpc) is 3.41. The smallest absolute Gasteiger partial charge is 0.270 e. The first-order valence-corrected chi connectivity index (χ1v) is 10.3. The normalized spacial score (nSPS) is 16.8. The van der Waals surface area contributed by atoms with Crippen molar-refractivity contribution in [3.63, 3.8) is 0 Å². The van der Waals surface area contributed by atoms with Crippen LogP contribution in [0.15, 0.2) is 47.0 Å². The lowest BCUT2D eigenvalue weighted by Gasteiger charge is -2.30. The molecule has 2 aromatic carbocycles. The predicted octanol–water partition coefficient (Wildman–Crippen LogP) is 4.78. The number of nitrogens with zero attached hydrogens (tertiary/aromatic N) is 5. The molecule has 0 amide bonds. The van der Waals surface area contributed by atoms with E-state index < -0.39 is 4.92 Å². The molecular formula is C20H16FN5O3S. The van der Waals surface area contributed by atoms with E-state index in [0.29, 0.717) is 23.8 Å². The van der Waals surface area contributed by atoms with Gasteiger partial charge in [0.05, 0.1) is 21.1 Å². The van der Waals surface area contributed by atoms with Crippen LogP contribution in [0.25, 0.3) is 21.6 Å². The van der Waals surface area contributed by atoms with Gasteiger partial charge in [-0.25, -0.2) is 9.37 Å². The van der Waals surface area contributed by atoms with E-state index in [1.165, 1.54) is 29.5 Å². The highest BCUT2D eigenvalue weighted by Crippen LogP contribution is 2.35. The summed E-state index contributed by atoms with van der Waals surface area (Å²) in [6, 6.07) is 10.7. The average molecular weight is 425 g/mol. The van der Waals surface area contributed by atoms with E-state index >= 15 is 0 Å². The number of rotatable bonds is 4. The second-order valence-corrected chi connectivity index (χ2v) is 8.16. The van der Waals surface area contributed by atoms with Crippen LogP contribution >= 0.6 is 11.3 Å². The first-order chi connectivity index (χ1) is 14.6. The molecule has 1 aliphatic rings. The van der Waals surface area contributed by atoms with Crippen molar-refractivity contribution in [2.75, 3.05) is 18.0 Å². The Hall–Kier alpha value is -3.40. The molecular weight excluding hydrogens is 409 g/mol. The van der Waals surface area contributed by atoms with Gasteiger partial charge in [-0.1, -0.05) is 16.5 Å². The second-order valence-electron chi connectivity index (χ2n) is 7.15. The molecule has 5 rings (SSSR count). The molecule has 10 heteroatoms. The Morgan fingerprint density at radius 2 is 2.03 bits per heavy atom. The molecule has 4 aromatic rings. The molecule has 0 N–H and O–H groups in total. The van der Waals surface area contributed by atoms with Crippen molar-refractivity contribution >= 4 is 32.4 Å². The van der Waals surface area contributed by atoms with Crippen molar-refractivity contribution in [2.24, 2.45) is 0 Å². The van der Waals surface area contributed by atoms with Gasteiger partial charge in [-0.2, -0.15) is 4.98 Å². The number of anilines is 1. The van der Waals surface area contributed by atoms with E-state index in [0.717, 1.165) is 34.7 Å². The van der Waals surface area contributed by atoms with Gasteiger partial charge in [0.2, 0.25) is 11.7 Å². The van der Waals surface area contributed by atoms with Crippen molar-refractivity contribution in [3.8, 4) is 11.4 Å². The number of non-ortho nitro benzene ring substituents is 1. The van der Waals surface area contributed by atoms with Gasteiger partial charge in [-0.3, -0.25) is 10.1 Å². The Labute approximate surface area is 174 Å². The minimum Gasteiger partial charge on any atom is -0.347 e. The van der Waals surface area contributed by atoms with Crippen LogP contribution in [0.5, 0.6) is 0 Å². The van der Waals surface area contributed by atoms with E-state index in [-0.39, 0.29) is 17.4 Å². The monoisotopic (exact) mass is 425 g/mol. The van der Waals surface area contributed by atoms with Crippen molar-refractivity contribution in [1.82, 2.24) is 15.1 Å². The SMILES string of the molecule is O=[N+]([O-])c1ccc2nc(N3CCCC(c4nc(-c5ccc(F)cc5)no4)C3)sc2c1. The number of piperidine rings is 1. The van der Waals surface area contributed by atoms with Crippen molar-refractivity contribution in [1.29, 1.82) is 0 Å². The standard InChI is InChI=1S/C20H16FN5O3S/c21-14-5-3-12(4-6-14)18-23-19(29-24-18)13-2-1-9-25(11-13)20-22-16-8-7-15(26(27)28)10-17(16)30-20/h3-8,10,13H,1-2,9,11H2. The summed E-state index contributed by atoms with van der Waals surface area (Å²) in [6.07, 6.45) is 1.85. The van der Waals surface area contributed by atoms with Crippen molar-refractivity contribution in [2.45, 2.75) is 18.8 Å². The molecule has 0 aliphatic carbocycles. The highest BCUT2D eigenvalue weighted by Gasteiger charge is 2.28. The van der Waals surface area contributed by atoms with Gasteiger partial charge in [0.15, 0.2) is 5.13 Å². The van der Waals surface area contributed by atoms with Crippen LogP contribution < -0.4 is 4.90 Å². The van der Waals surface area contributed by atoms with Gasteiger partial charge in [-0.05, 0) is 43.2 Å². The van der Waals surface area contributed by atoms with Gasteiger partial charge in [0, 0.05) is 30.8 Å². The predicted molar refractivity (Wildman–Crippen MR) is 110 cm³/mol. The van der Waals surface area contributed by atoms with Crippen LogP contribution in [-0.2, 0) is 0 Å². The van der Waals surface area contributed by atoms with Gasteiger partial charge in [0.1, 0.15) is 5.82 Å². The Morgan fingerprint density at radius 1 is 1.20 bits per heavy atom. The molecule has 0 bridgehead atoms. The number of fused-ring (bicyclic) bond motifs is 1. The molecule has 1 aliphatic heterocycles. The number of nitro benzene ring substituents is 1. The molecule has 30 heavy (non-hydrogen) atoms. The lowest BCUT2D eigenvalue weighted by molar-refractivity contribution is -0.384. The zero-order valence-electron chi connectivity index (χ0n) is 15.7. The first kappa shape index (κ1) is 18.6. The molecule has 3 heterocycles. The van der Waals surface area contributed by atoms with Gasteiger partial charge < -0.3 is 9.42 Å². The zero-order chi connectivity index (χ0) is 20.7. The van der Waals surface area contributed by atoms with E-state index in [1.54, 1.807) is 24.3 Å². The minimum absolute atomic E-state index is 0.0572. The number of halogens is 1. The van der Waals surface area contributed by atoms with Gasteiger partial charge >= 0.3 is 0 Å². The number of aromatic nitrogens is 3. The van der Waals surface area contributed by atoms with Crippen molar-refractivity contribution in [3.05, 3.63) is 64.3 Å². The van der Waals surface area contributed by atoms with Crippen LogP contribution in [0.1, 0.15) is 24.7 Å². The fourth-order valence-corrected chi connectivity index (χ4v) is 4.65. The fraction of sp³-hybridized carbons (Fsp3) is 0.250. The summed E-state index contributed by atoms with van der Waals surface area (Å²) in [7, 11) is 0. The molecule has 8 nitrogen and oxygen atoms in total. The highest BCUT2D eigenvalue weighted by molar-refractivity contribution is 7.22. The number of nitro groups is 1. The van der Waals surface area contributed by atoms with E-state index in [9.17, 15) is 14.5 Å². The maximum Gasteiger partial charge on any atom is 0.270 e. The first-order valence-electron chi connectivity index (χ1n) is 9.46. The van der Waals surface area contributed by atoms with Crippen LogP contribution in [0, 0.1) is 15.9 Å².